The maximum Gasteiger partial charge on any atom is 0.241 e. The second-order valence-electron chi connectivity index (χ2n) is 6.20. The average molecular weight is 262 g/mol. The lowest BCUT2D eigenvalue weighted by molar-refractivity contribution is -0.122. The third kappa shape index (κ3) is 6.39. The Balaban J connectivity index is 2.25. The van der Waals surface area contributed by atoms with Crippen molar-refractivity contribution in [1.82, 2.24) is 5.32 Å². The van der Waals surface area contributed by atoms with E-state index < -0.39 is 6.04 Å². The first-order valence-corrected chi connectivity index (χ1v) is 6.98. The Morgan fingerprint density at radius 3 is 2.42 bits per heavy atom. The molecule has 1 atom stereocenters. The molecule has 0 saturated heterocycles. The molecular formula is C16H26N2O. The summed E-state index contributed by atoms with van der Waals surface area (Å²) in [7, 11) is 0. The molecule has 1 unspecified atom stereocenters. The highest BCUT2D eigenvalue weighted by Gasteiger charge is 2.14. The number of nitrogens with two attached hydrogens (primary N) is 1. The Hall–Kier alpha value is -1.35. The zero-order valence-corrected chi connectivity index (χ0v) is 12.3. The molecule has 0 aromatic heterocycles. The van der Waals surface area contributed by atoms with Crippen molar-refractivity contribution in [1.29, 1.82) is 0 Å². The fraction of sp³-hybridized carbons (Fsp3) is 0.562. The highest BCUT2D eigenvalue weighted by atomic mass is 16.2. The van der Waals surface area contributed by atoms with Crippen LogP contribution in [0.1, 0.15) is 51.6 Å². The van der Waals surface area contributed by atoms with Crippen LogP contribution in [-0.4, -0.2) is 12.5 Å². The Morgan fingerprint density at radius 1 is 1.21 bits per heavy atom. The Labute approximate surface area is 116 Å². The van der Waals surface area contributed by atoms with Crippen molar-refractivity contribution in [3.8, 4) is 0 Å². The van der Waals surface area contributed by atoms with Crippen LogP contribution in [0.4, 0.5) is 0 Å². The molecule has 1 aromatic rings. The van der Waals surface area contributed by atoms with Crippen LogP contribution in [0, 0.1) is 5.41 Å². The average Bonchev–Trinajstić information content (AvgIpc) is 2.37. The van der Waals surface area contributed by atoms with E-state index in [-0.39, 0.29) is 5.91 Å². The number of benzene rings is 1. The molecule has 3 N–H and O–H groups in total. The molecule has 1 rings (SSSR count). The van der Waals surface area contributed by atoms with E-state index in [2.05, 4.69) is 26.1 Å². The van der Waals surface area contributed by atoms with Gasteiger partial charge in [0, 0.05) is 6.54 Å². The number of hydrogen-bond donors (Lipinski definition) is 2. The van der Waals surface area contributed by atoms with Crippen LogP contribution in [0.3, 0.4) is 0 Å². The lowest BCUT2D eigenvalue weighted by Gasteiger charge is -2.18. The lowest BCUT2D eigenvalue weighted by Crippen LogP contribution is -2.34. The molecule has 0 saturated carbocycles. The zero-order chi connectivity index (χ0) is 14.3. The summed E-state index contributed by atoms with van der Waals surface area (Å²) in [6.07, 6.45) is 3.31. The third-order valence-electron chi connectivity index (χ3n) is 3.09. The minimum absolute atomic E-state index is 0.0954. The molecule has 0 radical (unpaired) electrons. The van der Waals surface area contributed by atoms with Crippen molar-refractivity contribution in [2.24, 2.45) is 11.1 Å². The Morgan fingerprint density at radius 2 is 1.84 bits per heavy atom. The first kappa shape index (κ1) is 15.7. The maximum absolute atomic E-state index is 11.9. The van der Waals surface area contributed by atoms with Gasteiger partial charge < -0.3 is 11.1 Å². The molecule has 19 heavy (non-hydrogen) atoms. The van der Waals surface area contributed by atoms with Gasteiger partial charge in [-0.25, -0.2) is 0 Å². The highest BCUT2D eigenvalue weighted by Crippen LogP contribution is 2.21. The molecule has 1 aromatic carbocycles. The van der Waals surface area contributed by atoms with Crippen LogP contribution < -0.4 is 11.1 Å². The number of hydrogen-bond acceptors (Lipinski definition) is 2. The van der Waals surface area contributed by atoms with Crippen molar-refractivity contribution in [2.45, 2.75) is 46.1 Å². The monoisotopic (exact) mass is 262 g/mol. The maximum atomic E-state index is 11.9. The van der Waals surface area contributed by atoms with Gasteiger partial charge in [0.25, 0.3) is 0 Å². The normalized spacial score (nSPS) is 13.1. The predicted molar refractivity (Wildman–Crippen MR) is 79.7 cm³/mol. The van der Waals surface area contributed by atoms with Gasteiger partial charge in [-0.1, -0.05) is 57.5 Å². The van der Waals surface area contributed by atoms with Gasteiger partial charge in [-0.05, 0) is 23.8 Å². The first-order valence-electron chi connectivity index (χ1n) is 6.98. The number of carbonyl (C=O) groups is 1. The molecule has 0 bridgehead atoms. The van der Waals surface area contributed by atoms with Crippen LogP contribution >= 0.6 is 0 Å². The molecule has 3 nitrogen and oxygen atoms in total. The van der Waals surface area contributed by atoms with E-state index in [9.17, 15) is 4.79 Å². The summed E-state index contributed by atoms with van der Waals surface area (Å²) in [5.41, 5.74) is 7.13. The van der Waals surface area contributed by atoms with Gasteiger partial charge in [0.2, 0.25) is 5.91 Å². The van der Waals surface area contributed by atoms with E-state index in [1.54, 1.807) is 0 Å². The van der Waals surface area contributed by atoms with Gasteiger partial charge in [-0.2, -0.15) is 0 Å². The zero-order valence-electron chi connectivity index (χ0n) is 12.3. The minimum Gasteiger partial charge on any atom is -0.354 e. The molecule has 1 amide bonds. The van der Waals surface area contributed by atoms with Crippen LogP contribution in [0.15, 0.2) is 30.3 Å². The van der Waals surface area contributed by atoms with Crippen LogP contribution in [0.25, 0.3) is 0 Å². The summed E-state index contributed by atoms with van der Waals surface area (Å²) in [4.78, 5) is 11.9. The summed E-state index contributed by atoms with van der Waals surface area (Å²) in [5, 5.41) is 2.90. The van der Waals surface area contributed by atoms with E-state index in [0.717, 1.165) is 18.4 Å². The molecule has 0 aliphatic carbocycles. The molecule has 106 valence electrons. The number of carbonyl (C=O) groups excluding carboxylic acids is 1. The van der Waals surface area contributed by atoms with Gasteiger partial charge in [0.05, 0.1) is 0 Å². The van der Waals surface area contributed by atoms with Crippen LogP contribution in [0.2, 0.25) is 0 Å². The first-order chi connectivity index (χ1) is 8.90. The molecule has 0 heterocycles. The van der Waals surface area contributed by atoms with Crippen molar-refractivity contribution in [2.75, 3.05) is 6.54 Å². The quantitative estimate of drug-likeness (QED) is 0.774. The Kier molecular flexibility index (Phi) is 6.03. The standard InChI is InChI=1S/C16H26N2O/c1-16(2,3)11-7-8-12-18-15(19)14(17)13-9-5-4-6-10-13/h4-6,9-10,14H,7-8,11-12,17H2,1-3H3,(H,18,19). The largest absolute Gasteiger partial charge is 0.354 e. The van der Waals surface area contributed by atoms with Gasteiger partial charge >= 0.3 is 0 Å². The van der Waals surface area contributed by atoms with E-state index >= 15 is 0 Å². The Bertz CT molecular complexity index is 381. The summed E-state index contributed by atoms with van der Waals surface area (Å²) in [5.74, 6) is -0.0954. The van der Waals surface area contributed by atoms with Crippen molar-refractivity contribution in [3.63, 3.8) is 0 Å². The fourth-order valence-electron chi connectivity index (χ4n) is 1.91. The summed E-state index contributed by atoms with van der Waals surface area (Å²) >= 11 is 0. The van der Waals surface area contributed by atoms with Crippen LogP contribution in [-0.2, 0) is 4.79 Å². The summed E-state index contributed by atoms with van der Waals surface area (Å²) < 4.78 is 0. The van der Waals surface area contributed by atoms with Crippen LogP contribution in [0.5, 0.6) is 0 Å². The molecule has 0 fully saturated rings. The number of unbranched alkanes of at least 4 members (excludes halogenated alkanes) is 1. The van der Waals surface area contributed by atoms with E-state index in [0.29, 0.717) is 12.0 Å². The molecule has 3 heteroatoms. The summed E-state index contributed by atoms with van der Waals surface area (Å²) in [6.45, 7) is 7.40. The lowest BCUT2D eigenvalue weighted by atomic mass is 9.90. The second kappa shape index (κ2) is 7.29. The molecular weight excluding hydrogens is 236 g/mol. The predicted octanol–water partition coefficient (Wildman–Crippen LogP) is 3.02. The third-order valence-corrected chi connectivity index (χ3v) is 3.09. The minimum atomic E-state index is -0.566. The van der Waals surface area contributed by atoms with E-state index in [1.165, 1.54) is 6.42 Å². The molecule has 0 spiro atoms. The highest BCUT2D eigenvalue weighted by molar-refractivity contribution is 5.82. The van der Waals surface area contributed by atoms with Crippen molar-refractivity contribution < 1.29 is 4.79 Å². The number of rotatable bonds is 6. The molecule has 0 aliphatic rings. The fourth-order valence-corrected chi connectivity index (χ4v) is 1.91. The second-order valence-corrected chi connectivity index (χ2v) is 6.20. The smallest absolute Gasteiger partial charge is 0.241 e. The molecule has 0 aliphatic heterocycles. The van der Waals surface area contributed by atoms with Crippen molar-refractivity contribution >= 4 is 5.91 Å². The summed E-state index contributed by atoms with van der Waals surface area (Å²) in [6, 6.07) is 8.90. The van der Waals surface area contributed by atoms with Crippen molar-refractivity contribution in [3.05, 3.63) is 35.9 Å². The number of amides is 1. The SMILES string of the molecule is CC(C)(C)CCCCNC(=O)C(N)c1ccccc1. The van der Waals surface area contributed by atoms with Gasteiger partial charge in [-0.15, -0.1) is 0 Å². The van der Waals surface area contributed by atoms with Gasteiger partial charge in [0.1, 0.15) is 6.04 Å². The van der Waals surface area contributed by atoms with Gasteiger partial charge in [-0.3, -0.25) is 4.79 Å². The van der Waals surface area contributed by atoms with E-state index in [4.69, 9.17) is 5.73 Å². The number of nitrogens with one attached hydrogen (secondary N) is 1. The van der Waals surface area contributed by atoms with Gasteiger partial charge in [0.15, 0.2) is 0 Å². The van der Waals surface area contributed by atoms with E-state index in [1.807, 2.05) is 30.3 Å². The topological polar surface area (TPSA) is 55.1 Å².